The van der Waals surface area contributed by atoms with E-state index in [-0.39, 0.29) is 12.2 Å². The average Bonchev–Trinajstić information content (AvgIpc) is 2.39. The zero-order valence-corrected chi connectivity index (χ0v) is 13.3. The van der Waals surface area contributed by atoms with Crippen molar-refractivity contribution in [1.29, 1.82) is 0 Å². The molecule has 2 N–H and O–H groups in total. The number of hydrogen-bond donors (Lipinski definition) is 2. The van der Waals surface area contributed by atoms with Crippen molar-refractivity contribution < 1.29 is 14.7 Å². The van der Waals surface area contributed by atoms with Gasteiger partial charge in [0.1, 0.15) is 0 Å². The maximum Gasteiger partial charge on any atom is 0.305 e. The second-order valence-electron chi connectivity index (χ2n) is 5.95. The highest BCUT2D eigenvalue weighted by Gasteiger charge is 2.22. The lowest BCUT2D eigenvalue weighted by Gasteiger charge is -2.17. The molecule has 1 aromatic rings. The summed E-state index contributed by atoms with van der Waals surface area (Å²) in [6.45, 7) is 8.77. The van der Waals surface area contributed by atoms with Crippen LogP contribution in [-0.4, -0.2) is 29.4 Å². The fourth-order valence-electron chi connectivity index (χ4n) is 2.07. The molecule has 0 saturated heterocycles. The van der Waals surface area contributed by atoms with Crippen molar-refractivity contribution in [1.82, 2.24) is 5.32 Å². The van der Waals surface area contributed by atoms with E-state index in [9.17, 15) is 9.59 Å². The van der Waals surface area contributed by atoms with Crippen molar-refractivity contribution >= 4 is 11.8 Å². The molecule has 0 aliphatic heterocycles. The van der Waals surface area contributed by atoms with Crippen molar-refractivity contribution in [2.24, 2.45) is 5.92 Å². The highest BCUT2D eigenvalue weighted by atomic mass is 16.4. The quantitative estimate of drug-likeness (QED) is 0.723. The number of ketones is 1. The summed E-state index contributed by atoms with van der Waals surface area (Å²) in [5.41, 5.74) is 2.73. The zero-order valence-electron chi connectivity index (χ0n) is 13.3. The van der Waals surface area contributed by atoms with Crippen LogP contribution in [0.15, 0.2) is 18.2 Å². The van der Waals surface area contributed by atoms with Crippen molar-refractivity contribution in [3.8, 4) is 0 Å². The van der Waals surface area contributed by atoms with E-state index in [2.05, 4.69) is 19.2 Å². The van der Waals surface area contributed by atoms with Crippen LogP contribution in [0.25, 0.3) is 0 Å². The third kappa shape index (κ3) is 5.68. The Kier molecular flexibility index (Phi) is 6.56. The van der Waals surface area contributed by atoms with Gasteiger partial charge in [-0.05, 0) is 49.9 Å². The molecule has 1 atom stereocenters. The van der Waals surface area contributed by atoms with E-state index >= 15 is 0 Å². The number of carbonyl (C=O) groups excluding carboxylic acids is 1. The Hall–Kier alpha value is -1.68. The van der Waals surface area contributed by atoms with Gasteiger partial charge < -0.3 is 10.4 Å². The minimum atomic E-state index is -0.964. The largest absolute Gasteiger partial charge is 0.481 e. The van der Waals surface area contributed by atoms with Crippen LogP contribution in [0.5, 0.6) is 0 Å². The van der Waals surface area contributed by atoms with Crippen LogP contribution in [0.1, 0.15) is 48.2 Å². The molecule has 1 rings (SSSR count). The summed E-state index contributed by atoms with van der Waals surface area (Å²) in [5.74, 6) is -0.599. The van der Waals surface area contributed by atoms with Crippen molar-refractivity contribution in [3.63, 3.8) is 0 Å². The predicted molar refractivity (Wildman–Crippen MR) is 83.7 cm³/mol. The number of carboxylic acid groups (broad SMARTS) is 1. The first-order valence-corrected chi connectivity index (χ1v) is 7.38. The van der Waals surface area contributed by atoms with Gasteiger partial charge in [-0.2, -0.15) is 0 Å². The van der Waals surface area contributed by atoms with Crippen LogP contribution in [0.4, 0.5) is 0 Å². The fraction of sp³-hybridized carbons (Fsp3) is 0.529. The molecule has 0 fully saturated rings. The summed E-state index contributed by atoms with van der Waals surface area (Å²) >= 11 is 0. The molecular formula is C17H25NO3. The molecule has 0 heterocycles. The molecule has 0 aliphatic carbocycles. The summed E-state index contributed by atoms with van der Waals surface area (Å²) in [5, 5.41) is 12.1. The van der Waals surface area contributed by atoms with Crippen molar-refractivity contribution in [3.05, 3.63) is 34.9 Å². The molecule has 1 aromatic carbocycles. The Morgan fingerprint density at radius 2 is 1.86 bits per heavy atom. The molecule has 116 valence electrons. The zero-order chi connectivity index (χ0) is 16.0. The number of aliphatic carboxylic acids is 1. The van der Waals surface area contributed by atoms with Crippen LogP contribution >= 0.6 is 0 Å². The summed E-state index contributed by atoms with van der Waals surface area (Å²) in [4.78, 5) is 23.5. The van der Waals surface area contributed by atoms with Crippen LogP contribution in [-0.2, 0) is 4.79 Å². The standard InChI is InChI=1S/C17H25NO3/c1-11(2)7-8-18-15(10-16(19)20)17(21)14-6-5-12(3)13(4)9-14/h5-6,9,11,15,18H,7-8,10H2,1-4H3,(H,19,20). The van der Waals surface area contributed by atoms with Gasteiger partial charge in [-0.3, -0.25) is 9.59 Å². The molecule has 0 spiro atoms. The van der Waals surface area contributed by atoms with E-state index in [0.717, 1.165) is 17.5 Å². The summed E-state index contributed by atoms with van der Waals surface area (Å²) in [7, 11) is 0. The first kappa shape index (κ1) is 17.4. The minimum absolute atomic E-state index is 0.149. The van der Waals surface area contributed by atoms with Crippen LogP contribution in [0.3, 0.4) is 0 Å². The highest BCUT2D eigenvalue weighted by Crippen LogP contribution is 2.13. The maximum absolute atomic E-state index is 12.5. The van der Waals surface area contributed by atoms with E-state index in [1.807, 2.05) is 26.0 Å². The maximum atomic E-state index is 12.5. The minimum Gasteiger partial charge on any atom is -0.481 e. The normalized spacial score (nSPS) is 12.4. The summed E-state index contributed by atoms with van der Waals surface area (Å²) in [6.07, 6.45) is 0.722. The van der Waals surface area contributed by atoms with Crippen LogP contribution < -0.4 is 5.32 Å². The van der Waals surface area contributed by atoms with Crippen molar-refractivity contribution in [2.75, 3.05) is 6.54 Å². The fourth-order valence-corrected chi connectivity index (χ4v) is 2.07. The lowest BCUT2D eigenvalue weighted by Crippen LogP contribution is -2.39. The molecule has 4 heteroatoms. The van der Waals surface area contributed by atoms with Crippen LogP contribution in [0, 0.1) is 19.8 Å². The topological polar surface area (TPSA) is 66.4 Å². The number of carboxylic acids is 1. The number of aryl methyl sites for hydroxylation is 2. The Bertz CT molecular complexity index is 509. The van der Waals surface area contributed by atoms with Gasteiger partial charge >= 0.3 is 5.97 Å². The number of nitrogens with one attached hydrogen (secondary N) is 1. The van der Waals surface area contributed by atoms with Crippen molar-refractivity contribution in [2.45, 2.75) is 46.6 Å². The lowest BCUT2D eigenvalue weighted by molar-refractivity contribution is -0.137. The molecule has 0 saturated carbocycles. The molecule has 0 aromatic heterocycles. The van der Waals surface area contributed by atoms with Gasteiger partial charge in [-0.15, -0.1) is 0 Å². The first-order valence-electron chi connectivity index (χ1n) is 7.38. The molecule has 0 radical (unpaired) electrons. The van der Waals surface area contributed by atoms with E-state index in [1.165, 1.54) is 0 Å². The Morgan fingerprint density at radius 1 is 1.19 bits per heavy atom. The number of Topliss-reactive ketones (excluding diaryl/α,β-unsaturated/α-hetero) is 1. The molecular weight excluding hydrogens is 266 g/mol. The second-order valence-corrected chi connectivity index (χ2v) is 5.95. The Balaban J connectivity index is 2.82. The molecule has 0 aliphatic rings. The van der Waals surface area contributed by atoms with Gasteiger partial charge in [-0.25, -0.2) is 0 Å². The van der Waals surface area contributed by atoms with Gasteiger partial charge in [-0.1, -0.05) is 26.0 Å². The van der Waals surface area contributed by atoms with Gasteiger partial charge in [0.25, 0.3) is 0 Å². The number of carbonyl (C=O) groups is 2. The Labute approximate surface area is 126 Å². The molecule has 0 amide bonds. The molecule has 1 unspecified atom stereocenters. The second kappa shape index (κ2) is 7.93. The number of hydrogen-bond acceptors (Lipinski definition) is 3. The number of rotatable bonds is 8. The monoisotopic (exact) mass is 291 g/mol. The van der Waals surface area contributed by atoms with E-state index in [0.29, 0.717) is 18.0 Å². The molecule has 0 bridgehead atoms. The summed E-state index contributed by atoms with van der Waals surface area (Å²) in [6, 6.07) is 4.83. The molecule has 4 nitrogen and oxygen atoms in total. The summed E-state index contributed by atoms with van der Waals surface area (Å²) < 4.78 is 0. The third-order valence-corrected chi connectivity index (χ3v) is 3.60. The SMILES string of the molecule is Cc1ccc(C(=O)C(CC(=O)O)NCCC(C)C)cc1C. The first-order chi connectivity index (χ1) is 9.81. The third-order valence-electron chi connectivity index (χ3n) is 3.60. The Morgan fingerprint density at radius 3 is 2.38 bits per heavy atom. The smallest absolute Gasteiger partial charge is 0.305 e. The highest BCUT2D eigenvalue weighted by molar-refractivity contribution is 6.01. The van der Waals surface area contributed by atoms with Gasteiger partial charge in [0.2, 0.25) is 0 Å². The predicted octanol–water partition coefficient (Wildman–Crippen LogP) is 2.97. The van der Waals surface area contributed by atoms with E-state index in [1.54, 1.807) is 6.07 Å². The lowest BCUT2D eigenvalue weighted by atomic mass is 9.97. The van der Waals surface area contributed by atoms with E-state index in [4.69, 9.17) is 5.11 Å². The van der Waals surface area contributed by atoms with E-state index < -0.39 is 12.0 Å². The molecule has 21 heavy (non-hydrogen) atoms. The number of benzene rings is 1. The average molecular weight is 291 g/mol. The van der Waals surface area contributed by atoms with Gasteiger partial charge in [0.05, 0.1) is 12.5 Å². The van der Waals surface area contributed by atoms with Crippen LogP contribution in [0.2, 0.25) is 0 Å². The van der Waals surface area contributed by atoms with Gasteiger partial charge in [0.15, 0.2) is 5.78 Å². The van der Waals surface area contributed by atoms with Gasteiger partial charge in [0, 0.05) is 5.56 Å².